The van der Waals surface area contributed by atoms with Gasteiger partial charge in [0.15, 0.2) is 0 Å². The van der Waals surface area contributed by atoms with Crippen molar-refractivity contribution >= 4 is 15.9 Å². The smallest absolute Gasteiger partial charge is 0.0184 e. The fourth-order valence-corrected chi connectivity index (χ4v) is 6.03. The molecule has 0 aromatic carbocycles. The van der Waals surface area contributed by atoms with Crippen LogP contribution < -0.4 is 0 Å². The Morgan fingerprint density at radius 1 is 1.33 bits per heavy atom. The Labute approximate surface area is 83.2 Å². The lowest BCUT2D eigenvalue weighted by atomic mass is 9.68. The Kier molecular flexibility index (Phi) is 1.38. The van der Waals surface area contributed by atoms with E-state index in [1.807, 2.05) is 0 Å². The van der Waals surface area contributed by atoms with E-state index in [1.165, 1.54) is 19.3 Å². The fourth-order valence-electron chi connectivity index (χ4n) is 4.56. The van der Waals surface area contributed by atoms with Crippen molar-refractivity contribution in [3.63, 3.8) is 0 Å². The Hall–Kier alpha value is 0.480. The largest absolute Gasteiger partial charge is 0.0887 e. The molecule has 1 heteroatoms. The third kappa shape index (κ3) is 0.670. The van der Waals surface area contributed by atoms with Crippen molar-refractivity contribution in [1.29, 1.82) is 0 Å². The number of hydrogen-bond acceptors (Lipinski definition) is 0. The van der Waals surface area contributed by atoms with Gasteiger partial charge in [-0.25, -0.2) is 0 Å². The van der Waals surface area contributed by atoms with Gasteiger partial charge < -0.3 is 0 Å². The van der Waals surface area contributed by atoms with E-state index in [-0.39, 0.29) is 0 Å². The van der Waals surface area contributed by atoms with Gasteiger partial charge in [0, 0.05) is 4.83 Å². The number of alkyl halides is 1. The number of rotatable bonds is 0. The molecule has 3 aliphatic rings. The quantitative estimate of drug-likeness (QED) is 0.558. The lowest BCUT2D eigenvalue weighted by molar-refractivity contribution is 0.132. The van der Waals surface area contributed by atoms with Gasteiger partial charge in [0.25, 0.3) is 0 Å². The van der Waals surface area contributed by atoms with Crippen LogP contribution in [0.1, 0.15) is 33.1 Å². The first kappa shape index (κ1) is 7.84. The highest BCUT2D eigenvalue weighted by atomic mass is 79.9. The fraction of sp³-hybridized carbons (Fsp3) is 1.00. The molecule has 3 saturated carbocycles. The van der Waals surface area contributed by atoms with E-state index in [4.69, 9.17) is 0 Å². The van der Waals surface area contributed by atoms with E-state index >= 15 is 0 Å². The van der Waals surface area contributed by atoms with Crippen molar-refractivity contribution in [1.82, 2.24) is 0 Å². The highest BCUT2D eigenvalue weighted by molar-refractivity contribution is 9.09. The van der Waals surface area contributed by atoms with Crippen LogP contribution in [-0.2, 0) is 0 Å². The lowest BCUT2D eigenvalue weighted by Gasteiger charge is -2.39. The van der Waals surface area contributed by atoms with Crippen LogP contribution in [0.5, 0.6) is 0 Å². The second-order valence-corrected chi connectivity index (χ2v) is 6.72. The van der Waals surface area contributed by atoms with Crippen LogP contribution in [-0.4, -0.2) is 4.83 Å². The van der Waals surface area contributed by atoms with Gasteiger partial charge in [-0.2, -0.15) is 0 Å². The maximum Gasteiger partial charge on any atom is 0.0184 e. The lowest BCUT2D eigenvalue weighted by Crippen LogP contribution is -2.33. The first-order valence-electron chi connectivity index (χ1n) is 5.27. The highest BCUT2D eigenvalue weighted by Crippen LogP contribution is 2.71. The van der Waals surface area contributed by atoms with Crippen molar-refractivity contribution in [2.45, 2.75) is 37.9 Å². The van der Waals surface area contributed by atoms with Crippen molar-refractivity contribution in [3.8, 4) is 0 Å². The van der Waals surface area contributed by atoms with Gasteiger partial charge in [-0.3, -0.25) is 0 Å². The Morgan fingerprint density at radius 3 is 2.67 bits per heavy atom. The van der Waals surface area contributed by atoms with Crippen molar-refractivity contribution in [3.05, 3.63) is 0 Å². The summed E-state index contributed by atoms with van der Waals surface area (Å²) < 4.78 is 0. The monoisotopic (exact) mass is 228 g/mol. The SMILES string of the molecule is C[C@@H]1CC2C3C[C@H](Br)C2[C@@]1(C)C3. The Morgan fingerprint density at radius 2 is 2.08 bits per heavy atom. The molecule has 0 aromatic rings. The molecule has 12 heavy (non-hydrogen) atoms. The molecule has 68 valence electrons. The van der Waals surface area contributed by atoms with Crippen LogP contribution in [0.3, 0.4) is 0 Å². The van der Waals surface area contributed by atoms with Crippen LogP contribution in [0.25, 0.3) is 0 Å². The summed E-state index contributed by atoms with van der Waals surface area (Å²) in [5, 5.41) is 0. The zero-order valence-electron chi connectivity index (χ0n) is 7.89. The Balaban J connectivity index is 2.03. The molecular formula is C11H17Br. The van der Waals surface area contributed by atoms with Crippen LogP contribution in [0.4, 0.5) is 0 Å². The van der Waals surface area contributed by atoms with Gasteiger partial charge in [-0.05, 0) is 48.3 Å². The van der Waals surface area contributed by atoms with Crippen LogP contribution in [0.2, 0.25) is 0 Å². The molecule has 0 N–H and O–H groups in total. The normalized spacial score (nSPS) is 67.8. The number of halogens is 1. The molecule has 0 amide bonds. The predicted octanol–water partition coefficient (Wildman–Crippen LogP) is 3.45. The summed E-state index contributed by atoms with van der Waals surface area (Å²) in [7, 11) is 0. The third-order valence-corrected chi connectivity index (χ3v) is 6.14. The maximum atomic E-state index is 3.88. The number of hydrogen-bond donors (Lipinski definition) is 0. The van der Waals surface area contributed by atoms with Gasteiger partial charge in [-0.1, -0.05) is 29.8 Å². The van der Waals surface area contributed by atoms with E-state index in [0.29, 0.717) is 5.41 Å². The van der Waals surface area contributed by atoms with E-state index in [2.05, 4.69) is 29.8 Å². The summed E-state index contributed by atoms with van der Waals surface area (Å²) in [6.45, 7) is 5.00. The molecule has 3 fully saturated rings. The van der Waals surface area contributed by atoms with Crippen LogP contribution >= 0.6 is 15.9 Å². The average molecular weight is 229 g/mol. The van der Waals surface area contributed by atoms with Crippen molar-refractivity contribution in [2.24, 2.45) is 29.1 Å². The molecule has 3 rings (SSSR count). The summed E-state index contributed by atoms with van der Waals surface area (Å²) >= 11 is 3.88. The first-order chi connectivity index (χ1) is 5.63. The molecule has 3 unspecified atom stereocenters. The molecule has 0 spiro atoms. The summed E-state index contributed by atoms with van der Waals surface area (Å²) in [6.07, 6.45) is 4.52. The van der Waals surface area contributed by atoms with E-state index < -0.39 is 0 Å². The summed E-state index contributed by atoms with van der Waals surface area (Å²) in [5.41, 5.74) is 0.710. The molecule has 0 aromatic heterocycles. The van der Waals surface area contributed by atoms with Gasteiger partial charge >= 0.3 is 0 Å². The minimum Gasteiger partial charge on any atom is -0.0887 e. The van der Waals surface area contributed by atoms with Gasteiger partial charge in [-0.15, -0.1) is 0 Å². The molecule has 4 bridgehead atoms. The van der Waals surface area contributed by atoms with Crippen LogP contribution in [0, 0.1) is 29.1 Å². The minimum absolute atomic E-state index is 0.710. The van der Waals surface area contributed by atoms with Crippen molar-refractivity contribution in [2.75, 3.05) is 0 Å². The highest BCUT2D eigenvalue weighted by Gasteiger charge is 2.64. The molecule has 6 atom stereocenters. The zero-order valence-corrected chi connectivity index (χ0v) is 9.47. The summed E-state index contributed by atoms with van der Waals surface area (Å²) in [5.74, 6) is 4.19. The first-order valence-corrected chi connectivity index (χ1v) is 6.18. The molecule has 0 aliphatic heterocycles. The summed E-state index contributed by atoms with van der Waals surface area (Å²) in [4.78, 5) is 0.858. The minimum atomic E-state index is 0.710. The van der Waals surface area contributed by atoms with Gasteiger partial charge in [0.2, 0.25) is 0 Å². The molecule has 0 nitrogen and oxygen atoms in total. The zero-order chi connectivity index (χ0) is 8.51. The van der Waals surface area contributed by atoms with Crippen LogP contribution in [0.15, 0.2) is 0 Å². The van der Waals surface area contributed by atoms with E-state index in [1.54, 1.807) is 0 Å². The van der Waals surface area contributed by atoms with E-state index in [9.17, 15) is 0 Å². The van der Waals surface area contributed by atoms with Crippen molar-refractivity contribution < 1.29 is 0 Å². The van der Waals surface area contributed by atoms with E-state index in [0.717, 1.165) is 28.5 Å². The topological polar surface area (TPSA) is 0 Å². The predicted molar refractivity (Wildman–Crippen MR) is 54.3 cm³/mol. The Bertz CT molecular complexity index is 225. The second-order valence-electron chi connectivity index (χ2n) is 5.55. The standard InChI is InChI=1S/C11H17Br/c1-6-3-8-7-4-9(12)10(8)11(6,2)5-7/h6-10H,3-5H2,1-2H3/t6-,7?,8?,9+,10?,11+/m1/s1. The van der Waals surface area contributed by atoms with Gasteiger partial charge in [0.05, 0.1) is 0 Å². The molecule has 3 aliphatic carbocycles. The third-order valence-electron chi connectivity index (χ3n) is 5.20. The molecular weight excluding hydrogens is 212 g/mol. The maximum absolute atomic E-state index is 3.88. The second kappa shape index (κ2) is 2.10. The summed E-state index contributed by atoms with van der Waals surface area (Å²) in [6, 6.07) is 0. The van der Waals surface area contributed by atoms with Gasteiger partial charge in [0.1, 0.15) is 0 Å². The molecule has 0 heterocycles. The molecule has 0 saturated heterocycles. The average Bonchev–Trinajstić information content (AvgIpc) is 2.47. The molecule has 0 radical (unpaired) electrons.